The topological polar surface area (TPSA) is 83.8 Å². The van der Waals surface area contributed by atoms with Crippen LogP contribution >= 0.6 is 0 Å². The lowest BCUT2D eigenvalue weighted by molar-refractivity contribution is -0.152. The molecule has 0 saturated heterocycles. The number of hydrogen-bond acceptors (Lipinski definition) is 5. The van der Waals surface area contributed by atoms with E-state index in [1.165, 1.54) is 0 Å². The second-order valence-corrected chi connectivity index (χ2v) is 1.93. The lowest BCUT2D eigenvalue weighted by Crippen LogP contribution is -2.17. The Balaban J connectivity index is 3.61. The zero-order chi connectivity index (χ0) is 8.85. The molecule has 0 saturated carbocycles. The Morgan fingerprint density at radius 3 is 2.36 bits per heavy atom. The second kappa shape index (κ2) is 4.81. The largest absolute Gasteiger partial charge is 0.463 e. The number of ether oxygens (including phenoxy) is 1. The minimum atomic E-state index is -1.55. The van der Waals surface area contributed by atoms with E-state index < -0.39 is 18.0 Å². The molecule has 0 radical (unpaired) electrons. The van der Waals surface area contributed by atoms with E-state index >= 15 is 0 Å². The number of carbonyl (C=O) groups is 2. The van der Waals surface area contributed by atoms with Crippen molar-refractivity contribution in [2.24, 2.45) is 0 Å². The number of aliphatic hydroxyl groups excluding tert-OH is 1. The van der Waals surface area contributed by atoms with E-state index in [-0.39, 0.29) is 12.8 Å². The normalized spacial score (nSPS) is 9.82. The summed E-state index contributed by atoms with van der Waals surface area (Å²) >= 11 is 0. The molecule has 0 aliphatic carbocycles. The van der Waals surface area contributed by atoms with Gasteiger partial charge in [0.1, 0.15) is 0 Å². The summed E-state index contributed by atoms with van der Waals surface area (Å²) < 4.78 is 4.09. The van der Waals surface area contributed by atoms with Gasteiger partial charge in [-0.25, -0.2) is 4.79 Å². The molecule has 5 nitrogen and oxygen atoms in total. The van der Waals surface area contributed by atoms with Crippen molar-refractivity contribution in [2.45, 2.75) is 19.1 Å². The van der Waals surface area contributed by atoms with Crippen LogP contribution in [0.2, 0.25) is 0 Å². The average Bonchev–Trinajstić information content (AvgIpc) is 1.98. The van der Waals surface area contributed by atoms with Crippen LogP contribution in [0, 0.1) is 0 Å². The summed E-state index contributed by atoms with van der Waals surface area (Å²) in [6.45, 7) is 0. The lowest BCUT2D eigenvalue weighted by Gasteiger charge is -2.00. The van der Waals surface area contributed by atoms with Crippen molar-refractivity contribution >= 4 is 11.8 Å². The number of aliphatic hydroxyl groups is 2. The molecule has 0 spiro atoms. The number of hydrogen-bond donors (Lipinski definition) is 2. The summed E-state index contributed by atoms with van der Waals surface area (Å²) in [6, 6.07) is 0. The summed E-state index contributed by atoms with van der Waals surface area (Å²) in [5.74, 6) is -1.70. The number of rotatable bonds is 4. The molecule has 0 aromatic carbocycles. The van der Waals surface area contributed by atoms with Gasteiger partial charge in [-0.05, 0) is 0 Å². The van der Waals surface area contributed by atoms with Gasteiger partial charge in [-0.15, -0.1) is 0 Å². The van der Waals surface area contributed by atoms with Crippen molar-refractivity contribution in [1.29, 1.82) is 0 Å². The maximum Gasteiger partial charge on any atom is 0.374 e. The fourth-order valence-electron chi connectivity index (χ4n) is 0.476. The SMILES string of the molecule is COC(=O)C(=O)CCC(O)O. The number of carbonyl (C=O) groups excluding carboxylic acids is 2. The first kappa shape index (κ1) is 10.1. The van der Waals surface area contributed by atoms with Gasteiger partial charge >= 0.3 is 5.97 Å². The molecule has 0 atom stereocenters. The number of Topliss-reactive ketones (excluding diaryl/α,β-unsaturated/α-hetero) is 1. The Morgan fingerprint density at radius 1 is 1.45 bits per heavy atom. The Labute approximate surface area is 63.6 Å². The molecule has 0 bridgehead atoms. The summed E-state index contributed by atoms with van der Waals surface area (Å²) in [4.78, 5) is 21.0. The standard InChI is InChI=1S/C6H10O5/c1-11-6(10)4(7)2-3-5(8)9/h5,8-9H,2-3H2,1H3. The quantitative estimate of drug-likeness (QED) is 0.309. The van der Waals surface area contributed by atoms with E-state index in [4.69, 9.17) is 10.2 Å². The average molecular weight is 162 g/mol. The summed E-state index contributed by atoms with van der Waals surface area (Å²) in [6.07, 6.45) is -1.90. The van der Waals surface area contributed by atoms with Crippen LogP contribution in [0.5, 0.6) is 0 Å². The van der Waals surface area contributed by atoms with Crippen molar-refractivity contribution in [2.75, 3.05) is 7.11 Å². The van der Waals surface area contributed by atoms with E-state index in [0.29, 0.717) is 0 Å². The van der Waals surface area contributed by atoms with Gasteiger partial charge in [-0.3, -0.25) is 4.79 Å². The molecule has 0 aromatic rings. The molecule has 0 fully saturated rings. The molecule has 0 aliphatic rings. The highest BCUT2D eigenvalue weighted by molar-refractivity contribution is 6.33. The van der Waals surface area contributed by atoms with Crippen LogP contribution in [0.3, 0.4) is 0 Å². The molecule has 64 valence electrons. The van der Waals surface area contributed by atoms with Crippen molar-refractivity contribution in [3.05, 3.63) is 0 Å². The molecule has 5 heteroatoms. The molecule has 0 rings (SSSR count). The second-order valence-electron chi connectivity index (χ2n) is 1.93. The van der Waals surface area contributed by atoms with Crippen molar-refractivity contribution in [3.63, 3.8) is 0 Å². The highest BCUT2D eigenvalue weighted by Gasteiger charge is 2.14. The smallest absolute Gasteiger partial charge is 0.374 e. The molecule has 2 N–H and O–H groups in total. The Hall–Kier alpha value is -0.940. The molecular weight excluding hydrogens is 152 g/mol. The lowest BCUT2D eigenvalue weighted by atomic mass is 10.2. The number of ketones is 1. The third-order valence-electron chi connectivity index (χ3n) is 1.04. The van der Waals surface area contributed by atoms with Crippen molar-refractivity contribution < 1.29 is 24.5 Å². The number of esters is 1. The van der Waals surface area contributed by atoms with Gasteiger partial charge in [0.25, 0.3) is 0 Å². The predicted octanol–water partition coefficient (Wildman–Crippen LogP) is -1.18. The summed E-state index contributed by atoms with van der Waals surface area (Å²) in [5.41, 5.74) is 0. The van der Waals surface area contributed by atoms with E-state index in [1.54, 1.807) is 0 Å². The van der Waals surface area contributed by atoms with E-state index in [2.05, 4.69) is 4.74 Å². The van der Waals surface area contributed by atoms with E-state index in [1.807, 2.05) is 0 Å². The van der Waals surface area contributed by atoms with Crippen LogP contribution in [0.15, 0.2) is 0 Å². The molecular formula is C6H10O5. The van der Waals surface area contributed by atoms with Crippen LogP contribution in [0.1, 0.15) is 12.8 Å². The van der Waals surface area contributed by atoms with E-state index in [0.717, 1.165) is 7.11 Å². The van der Waals surface area contributed by atoms with E-state index in [9.17, 15) is 9.59 Å². The highest BCUT2D eigenvalue weighted by Crippen LogP contribution is 1.95. The fraction of sp³-hybridized carbons (Fsp3) is 0.667. The van der Waals surface area contributed by atoms with Gasteiger partial charge in [0.05, 0.1) is 7.11 Å². The van der Waals surface area contributed by atoms with Crippen LogP contribution in [-0.2, 0) is 14.3 Å². The minimum absolute atomic E-state index is 0.145. The van der Waals surface area contributed by atoms with Crippen LogP contribution < -0.4 is 0 Å². The Kier molecular flexibility index (Phi) is 4.40. The zero-order valence-corrected chi connectivity index (χ0v) is 6.11. The monoisotopic (exact) mass is 162 g/mol. The zero-order valence-electron chi connectivity index (χ0n) is 6.11. The molecule has 0 aliphatic heterocycles. The first-order valence-electron chi connectivity index (χ1n) is 3.05. The number of methoxy groups -OCH3 is 1. The highest BCUT2D eigenvalue weighted by atomic mass is 16.5. The Morgan fingerprint density at radius 2 is 2.00 bits per heavy atom. The minimum Gasteiger partial charge on any atom is -0.463 e. The third-order valence-corrected chi connectivity index (χ3v) is 1.04. The van der Waals surface area contributed by atoms with Gasteiger partial charge < -0.3 is 14.9 Å². The first-order valence-corrected chi connectivity index (χ1v) is 3.05. The van der Waals surface area contributed by atoms with Gasteiger partial charge in [0.2, 0.25) is 5.78 Å². The first-order chi connectivity index (χ1) is 5.07. The Bertz CT molecular complexity index is 151. The van der Waals surface area contributed by atoms with Gasteiger partial charge in [-0.2, -0.15) is 0 Å². The summed E-state index contributed by atoms with van der Waals surface area (Å²) in [5, 5.41) is 16.6. The molecule has 0 amide bonds. The maximum absolute atomic E-state index is 10.6. The van der Waals surface area contributed by atoms with Crippen LogP contribution in [0.25, 0.3) is 0 Å². The van der Waals surface area contributed by atoms with Gasteiger partial charge in [-0.1, -0.05) is 0 Å². The van der Waals surface area contributed by atoms with Crippen LogP contribution in [-0.4, -0.2) is 35.4 Å². The van der Waals surface area contributed by atoms with Crippen molar-refractivity contribution in [1.82, 2.24) is 0 Å². The molecule has 0 heterocycles. The fourth-order valence-corrected chi connectivity index (χ4v) is 0.476. The third kappa shape index (κ3) is 4.46. The molecule has 0 unspecified atom stereocenters. The summed E-state index contributed by atoms with van der Waals surface area (Å²) in [7, 11) is 1.09. The van der Waals surface area contributed by atoms with Crippen LogP contribution in [0.4, 0.5) is 0 Å². The maximum atomic E-state index is 10.6. The van der Waals surface area contributed by atoms with Gasteiger partial charge in [0.15, 0.2) is 6.29 Å². The predicted molar refractivity (Wildman–Crippen MR) is 34.5 cm³/mol. The van der Waals surface area contributed by atoms with Crippen molar-refractivity contribution in [3.8, 4) is 0 Å². The molecule has 11 heavy (non-hydrogen) atoms. The van der Waals surface area contributed by atoms with Gasteiger partial charge in [0, 0.05) is 12.8 Å². The molecule has 0 aromatic heterocycles.